The maximum atomic E-state index is 5.95. The Morgan fingerprint density at radius 1 is 1.26 bits per heavy atom. The van der Waals surface area contributed by atoms with Crippen molar-refractivity contribution in [2.24, 2.45) is 10.4 Å². The number of furan rings is 1. The summed E-state index contributed by atoms with van der Waals surface area (Å²) in [5.41, 5.74) is 0.375. The molecular weight excluding hydrogens is 340 g/mol. The van der Waals surface area contributed by atoms with Crippen LogP contribution in [0.5, 0.6) is 0 Å². The zero-order chi connectivity index (χ0) is 19.1. The molecule has 1 aromatic heterocycles. The Balaban J connectivity index is 1.54. The van der Waals surface area contributed by atoms with Crippen LogP contribution in [0, 0.1) is 12.3 Å². The Hall–Kier alpha value is -1.53. The van der Waals surface area contributed by atoms with E-state index in [0.29, 0.717) is 5.41 Å². The maximum absolute atomic E-state index is 5.95. The van der Waals surface area contributed by atoms with Crippen molar-refractivity contribution >= 4 is 5.96 Å². The Morgan fingerprint density at radius 3 is 2.59 bits per heavy atom. The predicted octanol–water partition coefficient (Wildman–Crippen LogP) is 3.10. The molecule has 1 saturated carbocycles. The second-order valence-corrected chi connectivity index (χ2v) is 8.11. The monoisotopic (exact) mass is 376 g/mol. The molecule has 1 aliphatic carbocycles. The van der Waals surface area contributed by atoms with E-state index in [2.05, 4.69) is 32.7 Å². The van der Waals surface area contributed by atoms with E-state index in [0.717, 1.165) is 56.7 Å². The maximum Gasteiger partial charge on any atom is 0.191 e. The molecule has 2 heterocycles. The summed E-state index contributed by atoms with van der Waals surface area (Å²) in [6.07, 6.45) is 7.54. The molecule has 1 aromatic rings. The number of likely N-dealkylation sites (tertiary alicyclic amines) is 1. The van der Waals surface area contributed by atoms with Gasteiger partial charge in [0.2, 0.25) is 0 Å². The summed E-state index contributed by atoms with van der Waals surface area (Å²) in [7, 11) is 3.63. The van der Waals surface area contributed by atoms with E-state index < -0.39 is 0 Å². The number of nitrogens with one attached hydrogen (secondary N) is 2. The van der Waals surface area contributed by atoms with Crippen LogP contribution in [0.2, 0.25) is 0 Å². The molecule has 0 radical (unpaired) electrons. The summed E-state index contributed by atoms with van der Waals surface area (Å²) < 4.78 is 11.3. The van der Waals surface area contributed by atoms with Gasteiger partial charge in [-0.2, -0.15) is 0 Å². The van der Waals surface area contributed by atoms with E-state index in [1.165, 1.54) is 32.1 Å². The van der Waals surface area contributed by atoms with Crippen molar-refractivity contribution in [2.45, 2.75) is 51.5 Å². The average molecular weight is 377 g/mol. The van der Waals surface area contributed by atoms with E-state index in [4.69, 9.17) is 9.15 Å². The first-order valence-electron chi connectivity index (χ1n) is 10.4. The number of hydrogen-bond acceptors (Lipinski definition) is 4. The van der Waals surface area contributed by atoms with Crippen LogP contribution in [0.1, 0.15) is 56.1 Å². The first kappa shape index (κ1) is 20.2. The molecule has 1 saturated heterocycles. The molecule has 3 rings (SSSR count). The Morgan fingerprint density at radius 2 is 2.04 bits per heavy atom. The smallest absolute Gasteiger partial charge is 0.191 e. The van der Waals surface area contributed by atoms with E-state index in [1.54, 1.807) is 7.11 Å². The highest BCUT2D eigenvalue weighted by molar-refractivity contribution is 5.79. The van der Waals surface area contributed by atoms with E-state index >= 15 is 0 Å². The van der Waals surface area contributed by atoms with Gasteiger partial charge in [-0.3, -0.25) is 9.89 Å². The lowest BCUT2D eigenvalue weighted by atomic mass is 9.67. The lowest BCUT2D eigenvalue weighted by Crippen LogP contribution is -2.48. The molecule has 2 aliphatic rings. The average Bonchev–Trinajstić information content (AvgIpc) is 3.31. The molecular formula is C21H36N4O2. The lowest BCUT2D eigenvalue weighted by molar-refractivity contribution is 0.0732. The van der Waals surface area contributed by atoms with Crippen LogP contribution in [-0.2, 0) is 4.74 Å². The number of rotatable bonds is 9. The molecule has 0 bridgehead atoms. The molecule has 1 aliphatic heterocycles. The third-order valence-electron chi connectivity index (χ3n) is 6.24. The van der Waals surface area contributed by atoms with Crippen molar-refractivity contribution < 1.29 is 9.15 Å². The highest BCUT2D eigenvalue weighted by atomic mass is 16.5. The zero-order valence-electron chi connectivity index (χ0n) is 17.2. The van der Waals surface area contributed by atoms with Crippen LogP contribution in [-0.4, -0.2) is 57.8 Å². The zero-order valence-corrected chi connectivity index (χ0v) is 17.2. The highest BCUT2D eigenvalue weighted by Crippen LogP contribution is 2.43. The highest BCUT2D eigenvalue weighted by Gasteiger charge is 2.36. The molecule has 152 valence electrons. The topological polar surface area (TPSA) is 62.0 Å². The van der Waals surface area contributed by atoms with Crippen LogP contribution < -0.4 is 10.6 Å². The van der Waals surface area contributed by atoms with Gasteiger partial charge in [-0.05, 0) is 69.7 Å². The van der Waals surface area contributed by atoms with E-state index in [1.807, 2.05) is 14.0 Å². The van der Waals surface area contributed by atoms with Gasteiger partial charge in [-0.25, -0.2) is 0 Å². The standard InChI is InChI=1S/C21H36N4O2/c1-17-7-8-19(27-17)18(25-12-4-5-13-25)15-23-20(22-2)24-16-21(9-6-10-21)11-14-26-3/h7-8,18H,4-6,9-16H2,1-3H3,(H2,22,23,24). The molecule has 27 heavy (non-hydrogen) atoms. The van der Waals surface area contributed by atoms with Crippen molar-refractivity contribution in [3.8, 4) is 0 Å². The molecule has 2 fully saturated rings. The van der Waals surface area contributed by atoms with Crippen molar-refractivity contribution in [3.05, 3.63) is 23.7 Å². The minimum absolute atomic E-state index is 0.255. The van der Waals surface area contributed by atoms with Gasteiger partial charge in [0.25, 0.3) is 0 Å². The van der Waals surface area contributed by atoms with Crippen LogP contribution in [0.15, 0.2) is 21.5 Å². The SMILES string of the molecule is CN=C(NCC(c1ccc(C)o1)N1CCCC1)NCC1(CCOC)CCC1. The van der Waals surface area contributed by atoms with Crippen molar-refractivity contribution in [1.82, 2.24) is 15.5 Å². The van der Waals surface area contributed by atoms with Crippen LogP contribution in [0.25, 0.3) is 0 Å². The Bertz CT molecular complexity index is 603. The fourth-order valence-corrected chi connectivity index (χ4v) is 4.29. The molecule has 0 spiro atoms. The number of aliphatic imine (C=N–C) groups is 1. The largest absolute Gasteiger partial charge is 0.465 e. The van der Waals surface area contributed by atoms with Gasteiger partial charge in [0, 0.05) is 33.9 Å². The number of methoxy groups -OCH3 is 1. The number of nitrogens with zero attached hydrogens (tertiary/aromatic N) is 2. The first-order valence-corrected chi connectivity index (χ1v) is 10.4. The normalized spacial score (nSPS) is 21.1. The van der Waals surface area contributed by atoms with Gasteiger partial charge in [-0.1, -0.05) is 6.42 Å². The third kappa shape index (κ3) is 5.26. The number of ether oxygens (including phenoxy) is 1. The summed E-state index contributed by atoms with van der Waals surface area (Å²) in [5, 5.41) is 7.09. The van der Waals surface area contributed by atoms with E-state index in [9.17, 15) is 0 Å². The number of guanidine groups is 1. The molecule has 0 amide bonds. The minimum Gasteiger partial charge on any atom is -0.465 e. The van der Waals surface area contributed by atoms with Gasteiger partial charge in [0.1, 0.15) is 11.5 Å². The molecule has 2 N–H and O–H groups in total. The van der Waals surface area contributed by atoms with Crippen molar-refractivity contribution in [1.29, 1.82) is 0 Å². The van der Waals surface area contributed by atoms with Gasteiger partial charge in [0.05, 0.1) is 6.04 Å². The van der Waals surface area contributed by atoms with Gasteiger partial charge in [-0.15, -0.1) is 0 Å². The molecule has 0 aromatic carbocycles. The number of hydrogen-bond donors (Lipinski definition) is 2. The third-order valence-corrected chi connectivity index (χ3v) is 6.24. The van der Waals surface area contributed by atoms with Gasteiger partial charge >= 0.3 is 0 Å². The quantitative estimate of drug-likeness (QED) is 0.512. The van der Waals surface area contributed by atoms with E-state index in [-0.39, 0.29) is 6.04 Å². The summed E-state index contributed by atoms with van der Waals surface area (Å²) in [6.45, 7) is 6.89. The molecule has 6 heteroatoms. The van der Waals surface area contributed by atoms with Crippen LogP contribution in [0.3, 0.4) is 0 Å². The first-order chi connectivity index (χ1) is 13.2. The lowest BCUT2D eigenvalue weighted by Gasteiger charge is -2.42. The number of aryl methyl sites for hydroxylation is 1. The van der Waals surface area contributed by atoms with Gasteiger partial charge < -0.3 is 19.8 Å². The van der Waals surface area contributed by atoms with Crippen molar-refractivity contribution in [2.75, 3.05) is 46.9 Å². The summed E-state index contributed by atoms with van der Waals surface area (Å²) in [5.74, 6) is 2.90. The second-order valence-electron chi connectivity index (χ2n) is 8.11. The molecule has 6 nitrogen and oxygen atoms in total. The fourth-order valence-electron chi connectivity index (χ4n) is 4.29. The van der Waals surface area contributed by atoms with Crippen LogP contribution >= 0.6 is 0 Å². The van der Waals surface area contributed by atoms with Crippen LogP contribution in [0.4, 0.5) is 0 Å². The predicted molar refractivity (Wildman–Crippen MR) is 109 cm³/mol. The summed E-state index contributed by atoms with van der Waals surface area (Å²) in [6, 6.07) is 4.43. The molecule has 1 atom stereocenters. The van der Waals surface area contributed by atoms with Gasteiger partial charge in [0.15, 0.2) is 5.96 Å². The Labute approximate surface area is 163 Å². The van der Waals surface area contributed by atoms with Crippen molar-refractivity contribution in [3.63, 3.8) is 0 Å². The molecule has 1 unspecified atom stereocenters. The second kappa shape index (κ2) is 9.60. The Kier molecular flexibility index (Phi) is 7.19. The summed E-state index contributed by atoms with van der Waals surface area (Å²) >= 11 is 0. The fraction of sp³-hybridized carbons (Fsp3) is 0.762. The minimum atomic E-state index is 0.255. The summed E-state index contributed by atoms with van der Waals surface area (Å²) in [4.78, 5) is 6.96.